The maximum atomic E-state index is 13.3. The van der Waals surface area contributed by atoms with Gasteiger partial charge in [0.1, 0.15) is 6.61 Å². The van der Waals surface area contributed by atoms with Gasteiger partial charge in [0.25, 0.3) is 5.56 Å². The van der Waals surface area contributed by atoms with Crippen molar-refractivity contribution in [2.75, 3.05) is 19.9 Å². The van der Waals surface area contributed by atoms with Gasteiger partial charge in [-0.05, 0) is 43.6 Å². The van der Waals surface area contributed by atoms with Crippen molar-refractivity contribution in [2.45, 2.75) is 39.0 Å². The van der Waals surface area contributed by atoms with Crippen molar-refractivity contribution in [2.24, 2.45) is 0 Å². The lowest BCUT2D eigenvalue weighted by atomic mass is 9.95. The minimum Gasteiger partial charge on any atom is -0.458 e. The third-order valence-corrected chi connectivity index (χ3v) is 6.60. The Morgan fingerprint density at radius 2 is 1.97 bits per heavy atom. The number of hydrogen-bond donors (Lipinski definition) is 2. The molecule has 3 aromatic rings. The van der Waals surface area contributed by atoms with Crippen molar-refractivity contribution in [3.8, 4) is 22.9 Å². The fourth-order valence-corrected chi connectivity index (χ4v) is 4.95. The van der Waals surface area contributed by atoms with Crippen molar-refractivity contribution in [3.05, 3.63) is 50.8 Å². The van der Waals surface area contributed by atoms with Gasteiger partial charge in [-0.25, -0.2) is 9.78 Å². The Kier molecular flexibility index (Phi) is 4.63. The van der Waals surface area contributed by atoms with Gasteiger partial charge >= 0.3 is 5.97 Å². The fourth-order valence-electron chi connectivity index (χ4n) is 4.95. The number of aryl methyl sites for hydroxylation is 1. The predicted molar refractivity (Wildman–Crippen MR) is 118 cm³/mol. The first-order chi connectivity index (χ1) is 16.1. The molecule has 9 heteroatoms. The van der Waals surface area contributed by atoms with E-state index in [2.05, 4.69) is 12.2 Å². The second kappa shape index (κ2) is 7.57. The minimum absolute atomic E-state index is 0.132. The maximum absolute atomic E-state index is 13.3. The number of esters is 1. The highest BCUT2D eigenvalue weighted by Gasteiger charge is 2.35. The first-order valence-electron chi connectivity index (χ1n) is 11.1. The second-order valence-corrected chi connectivity index (χ2v) is 8.46. The molecule has 0 aliphatic carbocycles. The Bertz CT molecular complexity index is 1380. The van der Waals surface area contributed by atoms with E-state index in [4.69, 9.17) is 19.2 Å². The number of ether oxygens (including phenoxy) is 3. The molecule has 1 unspecified atom stereocenters. The molecule has 170 valence electrons. The highest BCUT2D eigenvalue weighted by atomic mass is 16.7. The van der Waals surface area contributed by atoms with Gasteiger partial charge in [0.15, 0.2) is 17.6 Å². The fraction of sp³-hybridized carbons (Fsp3) is 0.375. The van der Waals surface area contributed by atoms with E-state index in [0.29, 0.717) is 40.6 Å². The quantitative estimate of drug-likeness (QED) is 0.350. The maximum Gasteiger partial charge on any atom is 0.340 e. The van der Waals surface area contributed by atoms with Crippen LogP contribution in [0.2, 0.25) is 0 Å². The summed E-state index contributed by atoms with van der Waals surface area (Å²) in [5.74, 6) is 0.597. The normalized spacial score (nSPS) is 17.6. The van der Waals surface area contributed by atoms with Crippen molar-refractivity contribution >= 4 is 16.9 Å². The van der Waals surface area contributed by atoms with E-state index in [1.807, 2.05) is 12.1 Å². The highest BCUT2D eigenvalue weighted by molar-refractivity contribution is 5.91. The summed E-state index contributed by atoms with van der Waals surface area (Å²) in [4.78, 5) is 30.1. The zero-order valence-electron chi connectivity index (χ0n) is 18.1. The van der Waals surface area contributed by atoms with E-state index in [0.717, 1.165) is 48.0 Å². The molecule has 1 atom stereocenters. The molecule has 3 aliphatic heterocycles. The molecule has 9 nitrogen and oxygen atoms in total. The average molecular weight is 449 g/mol. The Balaban J connectivity index is 1.55. The number of aliphatic hydroxyl groups excluding tert-OH is 1. The average Bonchev–Trinajstić information content (AvgIpc) is 3.42. The molecule has 6 rings (SSSR count). The number of nitrogens with one attached hydrogen (secondary N) is 1. The van der Waals surface area contributed by atoms with Crippen LogP contribution < -0.4 is 20.3 Å². The number of fused-ring (bicyclic) bond motifs is 6. The molecule has 0 bridgehead atoms. The third kappa shape index (κ3) is 3.03. The van der Waals surface area contributed by atoms with Crippen LogP contribution in [0.15, 0.2) is 23.0 Å². The standard InChI is InChI=1S/C24H23N3O6/c1-2-25-5-3-4-12-13-7-19-20(33-11-32-19)8-17(13)26-21-15(12)9-27-18(21)6-14-16(23(27)29)10-31-24(30)22(14)28/h6-8,22,25,28H,2-5,9-11H2,1H3. The highest BCUT2D eigenvalue weighted by Crippen LogP contribution is 2.42. The second-order valence-electron chi connectivity index (χ2n) is 8.46. The number of pyridine rings is 2. The third-order valence-electron chi connectivity index (χ3n) is 6.60. The van der Waals surface area contributed by atoms with E-state index in [-0.39, 0.29) is 19.0 Å². The molecule has 0 amide bonds. The first kappa shape index (κ1) is 20.2. The largest absolute Gasteiger partial charge is 0.458 e. The van der Waals surface area contributed by atoms with Crippen LogP contribution in [0.1, 0.15) is 41.7 Å². The van der Waals surface area contributed by atoms with Crippen LogP contribution in [0.25, 0.3) is 22.3 Å². The lowest BCUT2D eigenvalue weighted by molar-refractivity contribution is -0.157. The lowest BCUT2D eigenvalue weighted by Gasteiger charge is -2.21. The van der Waals surface area contributed by atoms with Gasteiger partial charge in [-0.15, -0.1) is 0 Å². The molecule has 2 aromatic heterocycles. The molecular formula is C24H23N3O6. The number of carbonyl (C=O) groups excluding carboxylic acids is 1. The molecule has 0 saturated heterocycles. The Morgan fingerprint density at radius 1 is 1.15 bits per heavy atom. The summed E-state index contributed by atoms with van der Waals surface area (Å²) in [7, 11) is 0. The smallest absolute Gasteiger partial charge is 0.340 e. The number of nitrogens with zero attached hydrogens (tertiary/aromatic N) is 2. The molecule has 0 saturated carbocycles. The number of aliphatic hydroxyl groups is 1. The Hall–Kier alpha value is -3.43. The van der Waals surface area contributed by atoms with Crippen LogP contribution in [0.5, 0.6) is 11.5 Å². The molecular weight excluding hydrogens is 426 g/mol. The summed E-state index contributed by atoms with van der Waals surface area (Å²) in [6, 6.07) is 5.56. The van der Waals surface area contributed by atoms with Gasteiger partial charge < -0.3 is 29.2 Å². The van der Waals surface area contributed by atoms with E-state index in [1.165, 1.54) is 0 Å². The van der Waals surface area contributed by atoms with Gasteiger partial charge in [-0.1, -0.05) is 6.92 Å². The molecule has 33 heavy (non-hydrogen) atoms. The summed E-state index contributed by atoms with van der Waals surface area (Å²) in [5.41, 5.74) is 4.54. The van der Waals surface area contributed by atoms with Crippen LogP contribution in [-0.2, 0) is 29.1 Å². The van der Waals surface area contributed by atoms with E-state index in [9.17, 15) is 14.7 Å². The lowest BCUT2D eigenvalue weighted by Crippen LogP contribution is -2.32. The van der Waals surface area contributed by atoms with E-state index >= 15 is 0 Å². The van der Waals surface area contributed by atoms with Crippen molar-refractivity contribution in [1.82, 2.24) is 14.9 Å². The number of aromatic nitrogens is 2. The van der Waals surface area contributed by atoms with Crippen LogP contribution >= 0.6 is 0 Å². The zero-order chi connectivity index (χ0) is 22.7. The molecule has 0 fully saturated rings. The van der Waals surface area contributed by atoms with Gasteiger partial charge in [-0.3, -0.25) is 4.79 Å². The van der Waals surface area contributed by atoms with Crippen LogP contribution in [-0.4, -0.2) is 40.5 Å². The molecule has 1 aromatic carbocycles. The van der Waals surface area contributed by atoms with Crippen LogP contribution in [0.4, 0.5) is 0 Å². The van der Waals surface area contributed by atoms with Gasteiger partial charge in [0.05, 0.1) is 29.0 Å². The number of cyclic esters (lactones) is 1. The minimum atomic E-state index is -1.47. The zero-order valence-corrected chi connectivity index (χ0v) is 18.1. The van der Waals surface area contributed by atoms with E-state index < -0.39 is 12.1 Å². The topological polar surface area (TPSA) is 112 Å². The first-order valence-corrected chi connectivity index (χ1v) is 11.1. The van der Waals surface area contributed by atoms with Crippen LogP contribution in [0, 0.1) is 0 Å². The summed E-state index contributed by atoms with van der Waals surface area (Å²) < 4.78 is 17.8. The summed E-state index contributed by atoms with van der Waals surface area (Å²) >= 11 is 0. The number of benzene rings is 1. The molecule has 0 spiro atoms. The van der Waals surface area contributed by atoms with Gasteiger partial charge in [-0.2, -0.15) is 0 Å². The molecule has 2 N–H and O–H groups in total. The number of carbonyl (C=O) groups is 1. The Morgan fingerprint density at radius 3 is 2.79 bits per heavy atom. The van der Waals surface area contributed by atoms with Gasteiger partial charge in [0, 0.05) is 22.6 Å². The van der Waals surface area contributed by atoms with Crippen LogP contribution in [0.3, 0.4) is 0 Å². The number of hydrogen-bond acceptors (Lipinski definition) is 8. The monoisotopic (exact) mass is 449 g/mol. The molecule has 3 aliphatic rings. The number of rotatable bonds is 5. The van der Waals surface area contributed by atoms with Crippen molar-refractivity contribution < 1.29 is 24.1 Å². The summed E-state index contributed by atoms with van der Waals surface area (Å²) in [6.07, 6.45) is 0.266. The van der Waals surface area contributed by atoms with Crippen molar-refractivity contribution in [1.29, 1.82) is 0 Å². The predicted octanol–water partition coefficient (Wildman–Crippen LogP) is 1.79. The SMILES string of the molecule is CCNCCCc1c2c(nc3cc4c(cc13)OCO4)-c1cc3c(c(=O)n1C2)COC(=O)C3O. The van der Waals surface area contributed by atoms with Gasteiger partial charge in [0.2, 0.25) is 6.79 Å². The van der Waals surface area contributed by atoms with E-state index in [1.54, 1.807) is 10.6 Å². The van der Waals surface area contributed by atoms with Crippen molar-refractivity contribution in [3.63, 3.8) is 0 Å². The summed E-state index contributed by atoms with van der Waals surface area (Å²) in [6.45, 7) is 4.30. The summed E-state index contributed by atoms with van der Waals surface area (Å²) in [5, 5.41) is 14.7. The Labute approximate surface area is 188 Å². The molecule has 0 radical (unpaired) electrons. The molecule has 5 heterocycles.